The zero-order chi connectivity index (χ0) is 14.6. The molecule has 0 bridgehead atoms. The average Bonchev–Trinajstić information content (AvgIpc) is 2.32. The number of halogens is 2. The Morgan fingerprint density at radius 1 is 1.37 bits per heavy atom. The molecular weight excluding hydrogens is 271 g/mol. The molecule has 1 aromatic rings. The highest BCUT2D eigenvalue weighted by Crippen LogP contribution is 2.22. The summed E-state index contributed by atoms with van der Waals surface area (Å²) >= 11 is 5.86. The first-order chi connectivity index (χ1) is 8.86. The van der Waals surface area contributed by atoms with Crippen LogP contribution in [0.5, 0.6) is 0 Å². The first kappa shape index (κ1) is 15.6. The number of methoxy groups -OCH3 is 1. The van der Waals surface area contributed by atoms with Gasteiger partial charge in [-0.3, -0.25) is 9.59 Å². The van der Waals surface area contributed by atoms with E-state index in [9.17, 15) is 14.0 Å². The smallest absolute Gasteiger partial charge is 0.316 e. The van der Waals surface area contributed by atoms with Crippen LogP contribution in [0.3, 0.4) is 0 Å². The molecule has 0 heterocycles. The van der Waals surface area contributed by atoms with Gasteiger partial charge in [0.2, 0.25) is 0 Å². The SMILES string of the molecule is COC(=O)C(C(=O)Cc1ccc(F)cc1Cl)C(C)C. The molecule has 1 atom stereocenters. The van der Waals surface area contributed by atoms with E-state index in [1.807, 2.05) is 0 Å². The largest absolute Gasteiger partial charge is 0.468 e. The van der Waals surface area contributed by atoms with Crippen molar-refractivity contribution in [1.29, 1.82) is 0 Å². The van der Waals surface area contributed by atoms with E-state index in [2.05, 4.69) is 4.74 Å². The number of Topliss-reactive ketones (excluding diaryl/α,β-unsaturated/α-hetero) is 1. The molecule has 0 aliphatic carbocycles. The molecular formula is C14H16ClFO3. The van der Waals surface area contributed by atoms with E-state index in [1.54, 1.807) is 13.8 Å². The molecule has 1 unspecified atom stereocenters. The summed E-state index contributed by atoms with van der Waals surface area (Å²) in [6.07, 6.45) is -0.0168. The molecule has 0 saturated heterocycles. The highest BCUT2D eigenvalue weighted by Gasteiger charge is 2.30. The van der Waals surface area contributed by atoms with Crippen molar-refractivity contribution in [3.05, 3.63) is 34.6 Å². The average molecular weight is 287 g/mol. The Balaban J connectivity index is 2.90. The highest BCUT2D eigenvalue weighted by atomic mass is 35.5. The van der Waals surface area contributed by atoms with Gasteiger partial charge in [-0.25, -0.2) is 4.39 Å². The van der Waals surface area contributed by atoms with E-state index in [4.69, 9.17) is 11.6 Å². The van der Waals surface area contributed by atoms with E-state index in [0.29, 0.717) is 5.56 Å². The minimum Gasteiger partial charge on any atom is -0.468 e. The summed E-state index contributed by atoms with van der Waals surface area (Å²) in [5, 5.41) is 0.181. The van der Waals surface area contributed by atoms with Crippen molar-refractivity contribution < 1.29 is 18.7 Å². The van der Waals surface area contributed by atoms with Crippen LogP contribution in [-0.4, -0.2) is 18.9 Å². The number of ketones is 1. The summed E-state index contributed by atoms with van der Waals surface area (Å²) in [5.41, 5.74) is 0.502. The monoisotopic (exact) mass is 286 g/mol. The van der Waals surface area contributed by atoms with Crippen LogP contribution >= 0.6 is 11.6 Å². The molecule has 1 aromatic carbocycles. The predicted molar refractivity (Wildman–Crippen MR) is 70.5 cm³/mol. The lowest BCUT2D eigenvalue weighted by molar-refractivity contribution is -0.151. The summed E-state index contributed by atoms with van der Waals surface area (Å²) < 4.78 is 17.5. The van der Waals surface area contributed by atoms with Gasteiger partial charge in [0.25, 0.3) is 0 Å². The highest BCUT2D eigenvalue weighted by molar-refractivity contribution is 6.31. The molecule has 0 aromatic heterocycles. The van der Waals surface area contributed by atoms with Gasteiger partial charge in [0, 0.05) is 11.4 Å². The van der Waals surface area contributed by atoms with Crippen molar-refractivity contribution in [2.24, 2.45) is 11.8 Å². The first-order valence-electron chi connectivity index (χ1n) is 5.91. The third kappa shape index (κ3) is 4.03. The van der Waals surface area contributed by atoms with Gasteiger partial charge in [-0.15, -0.1) is 0 Å². The van der Waals surface area contributed by atoms with Crippen molar-refractivity contribution in [3.63, 3.8) is 0 Å². The maximum absolute atomic E-state index is 12.9. The Morgan fingerprint density at radius 3 is 2.47 bits per heavy atom. The van der Waals surface area contributed by atoms with Gasteiger partial charge in [0.15, 0.2) is 5.78 Å². The minimum absolute atomic E-state index is 0.0168. The van der Waals surface area contributed by atoms with Crippen molar-refractivity contribution in [2.75, 3.05) is 7.11 Å². The van der Waals surface area contributed by atoms with Crippen molar-refractivity contribution in [3.8, 4) is 0 Å². The number of esters is 1. The maximum atomic E-state index is 12.9. The second kappa shape index (κ2) is 6.66. The van der Waals surface area contributed by atoms with Crippen LogP contribution in [0.25, 0.3) is 0 Å². The summed E-state index contributed by atoms with van der Waals surface area (Å²) in [7, 11) is 1.25. The molecule has 0 fully saturated rings. The molecule has 0 N–H and O–H groups in total. The number of ether oxygens (including phenoxy) is 1. The van der Waals surface area contributed by atoms with Gasteiger partial charge < -0.3 is 4.74 Å². The van der Waals surface area contributed by atoms with Crippen LogP contribution in [-0.2, 0) is 20.7 Å². The summed E-state index contributed by atoms with van der Waals surface area (Å²) in [4.78, 5) is 23.7. The Bertz CT molecular complexity index is 486. The fraction of sp³-hybridized carbons (Fsp3) is 0.429. The van der Waals surface area contributed by atoms with Crippen molar-refractivity contribution in [2.45, 2.75) is 20.3 Å². The third-order valence-electron chi connectivity index (χ3n) is 2.85. The second-order valence-corrected chi connectivity index (χ2v) is 5.03. The number of carbonyl (C=O) groups excluding carboxylic acids is 2. The number of rotatable bonds is 5. The third-order valence-corrected chi connectivity index (χ3v) is 3.20. The van der Waals surface area contributed by atoms with Gasteiger partial charge >= 0.3 is 5.97 Å². The molecule has 0 aliphatic rings. The topological polar surface area (TPSA) is 43.4 Å². The molecule has 0 aliphatic heterocycles. The van der Waals surface area contributed by atoms with Crippen LogP contribution in [0.2, 0.25) is 5.02 Å². The fourth-order valence-electron chi connectivity index (χ4n) is 1.87. The molecule has 0 amide bonds. The lowest BCUT2D eigenvalue weighted by Crippen LogP contribution is -2.31. The van der Waals surface area contributed by atoms with Crippen LogP contribution in [0, 0.1) is 17.7 Å². The lowest BCUT2D eigenvalue weighted by Gasteiger charge is -2.17. The lowest BCUT2D eigenvalue weighted by atomic mass is 9.88. The zero-order valence-electron chi connectivity index (χ0n) is 11.1. The quantitative estimate of drug-likeness (QED) is 0.617. The van der Waals surface area contributed by atoms with E-state index >= 15 is 0 Å². The van der Waals surface area contributed by atoms with E-state index in [-0.39, 0.29) is 23.1 Å². The molecule has 0 saturated carbocycles. The molecule has 104 valence electrons. The first-order valence-corrected chi connectivity index (χ1v) is 6.29. The van der Waals surface area contributed by atoms with Crippen molar-refractivity contribution >= 4 is 23.4 Å². The van der Waals surface area contributed by atoms with Gasteiger partial charge in [-0.1, -0.05) is 31.5 Å². The van der Waals surface area contributed by atoms with Crippen LogP contribution in [0.1, 0.15) is 19.4 Å². The van der Waals surface area contributed by atoms with Gasteiger partial charge in [-0.05, 0) is 23.6 Å². The Kier molecular flexibility index (Phi) is 5.48. The second-order valence-electron chi connectivity index (χ2n) is 4.62. The Morgan fingerprint density at radius 2 is 2.00 bits per heavy atom. The van der Waals surface area contributed by atoms with Gasteiger partial charge in [-0.2, -0.15) is 0 Å². The molecule has 5 heteroatoms. The molecule has 3 nitrogen and oxygen atoms in total. The van der Waals surface area contributed by atoms with Crippen LogP contribution in [0.15, 0.2) is 18.2 Å². The number of hydrogen-bond donors (Lipinski definition) is 0. The maximum Gasteiger partial charge on any atom is 0.316 e. The van der Waals surface area contributed by atoms with Crippen molar-refractivity contribution in [1.82, 2.24) is 0 Å². The summed E-state index contributed by atoms with van der Waals surface area (Å²) in [6.45, 7) is 3.54. The fourth-order valence-corrected chi connectivity index (χ4v) is 2.10. The minimum atomic E-state index is -0.828. The van der Waals surface area contributed by atoms with Gasteiger partial charge in [0.05, 0.1) is 7.11 Å². The normalized spacial score (nSPS) is 12.3. The van der Waals surface area contributed by atoms with E-state index in [1.165, 1.54) is 19.2 Å². The molecule has 19 heavy (non-hydrogen) atoms. The Labute approximate surface area is 116 Å². The number of benzene rings is 1. The van der Waals surface area contributed by atoms with E-state index in [0.717, 1.165) is 6.07 Å². The Hall–Kier alpha value is -1.42. The number of carbonyl (C=O) groups is 2. The zero-order valence-corrected chi connectivity index (χ0v) is 11.8. The van der Waals surface area contributed by atoms with Crippen LogP contribution < -0.4 is 0 Å². The predicted octanol–water partition coefficient (Wildman–Crippen LogP) is 3.04. The van der Waals surface area contributed by atoms with E-state index < -0.39 is 17.7 Å². The summed E-state index contributed by atoms with van der Waals surface area (Å²) in [5.74, 6) is -2.30. The number of hydrogen-bond acceptors (Lipinski definition) is 3. The molecule has 0 spiro atoms. The van der Waals surface area contributed by atoms with Gasteiger partial charge in [0.1, 0.15) is 11.7 Å². The summed E-state index contributed by atoms with van der Waals surface area (Å²) in [6, 6.07) is 3.83. The van der Waals surface area contributed by atoms with Crippen LogP contribution in [0.4, 0.5) is 4.39 Å². The standard InChI is InChI=1S/C14H16ClFO3/c1-8(2)13(14(18)19-3)12(17)6-9-4-5-10(16)7-11(9)15/h4-5,7-8,13H,6H2,1-3H3. The molecule has 0 radical (unpaired) electrons. The molecule has 1 rings (SSSR count).